The summed E-state index contributed by atoms with van der Waals surface area (Å²) in [6, 6.07) is 0. The van der Waals surface area contributed by atoms with E-state index < -0.39 is 207 Å². The van der Waals surface area contributed by atoms with E-state index in [0.717, 1.165) is 35.7 Å². The summed E-state index contributed by atoms with van der Waals surface area (Å²) in [6.45, 7) is 15.2. The predicted octanol–water partition coefficient (Wildman–Crippen LogP) is -3.05. The number of esters is 8. The molecule has 0 radical (unpaired) electrons. The first-order valence-corrected chi connectivity index (χ1v) is 52.0. The number of ether oxygens (including phenoxy) is 8. The molecule has 0 aliphatic carbocycles. The van der Waals surface area contributed by atoms with Crippen LogP contribution in [-0.4, -0.2) is 419 Å². The van der Waals surface area contributed by atoms with Gasteiger partial charge in [-0.3, -0.25) is 85.3 Å². The summed E-state index contributed by atoms with van der Waals surface area (Å²) in [4.78, 5) is 231. The number of hydrogen-bond donors (Lipinski definition) is 19. The predicted molar refractivity (Wildman–Crippen MR) is 463 cm³/mol. The Hall–Kier alpha value is -3.65. The quantitative estimate of drug-likeness (QED) is 0.0125. The van der Waals surface area contributed by atoms with Crippen LogP contribution in [0, 0.1) is 10.8 Å². The average Bonchev–Trinajstić information content (AvgIpc) is 0.848. The van der Waals surface area contributed by atoms with Gasteiger partial charge in [-0.1, -0.05) is 48.0 Å². The fourth-order valence-corrected chi connectivity index (χ4v) is 16.3. The van der Waals surface area contributed by atoms with Crippen molar-refractivity contribution in [3.8, 4) is 0 Å². The van der Waals surface area contributed by atoms with Crippen molar-refractivity contribution in [2.45, 2.75) is 112 Å². The van der Waals surface area contributed by atoms with Gasteiger partial charge in [0.1, 0.15) is 101 Å². The van der Waals surface area contributed by atoms with Crippen molar-refractivity contribution in [1.82, 2.24) is 55.1 Å². The summed E-state index contributed by atoms with van der Waals surface area (Å²) in [5.74, 6) is -5.80. The molecule has 49 nitrogen and oxygen atoms in total. The van der Waals surface area contributed by atoms with Crippen molar-refractivity contribution in [3.63, 3.8) is 0 Å². The van der Waals surface area contributed by atoms with Crippen LogP contribution in [0.25, 0.3) is 0 Å². The van der Waals surface area contributed by atoms with Gasteiger partial charge in [-0.25, -0.2) is 0 Å². The van der Waals surface area contributed by atoms with Crippen molar-refractivity contribution in [3.05, 3.63) is 0 Å². The summed E-state index contributed by atoms with van der Waals surface area (Å²) < 4.78 is 116. The molecule has 0 spiro atoms. The lowest BCUT2D eigenvalue weighted by Gasteiger charge is -2.32. The van der Waals surface area contributed by atoms with Gasteiger partial charge in [0.15, 0.2) is 0 Å². The standard InChI is InChI=1S/C43H94N8O26P6.C26H53N7O8.ClH/c1-7-44(8-2)21-23-46(11-5)17-13-39(52)74-29-43(31-76-41(54)15-19-48(33-78(56,57)58)25-22-45(9-3)10-4,30-75-40(53)14-18-47(12-6)24-27-50(35-80(62,63)64)36-81(65,66)67)32-77-42(55)16-20-49(34-79(59,60)61)26-28-51(37-82(68,69)70)38-83(71,72)73;27-8-3-1-2-4-22(34)38-18-26(19-39-23(35)5-12-31-15-9-28,20-40-24(36)6-13-32-16-10-29)21-41-25(37)7-14-33-17-11-30;/h7-38H2,1-6H3,(H2,56,57,58)(H2,59,60,61)(H2,62,63,64)(H2,65,66,67)(H2,68,69,70)(H2,71,72,73);31-33H,1-21,27-30H2;1H. The molecule has 0 fully saturated rings. The molecule has 0 rings (SSSR count). The van der Waals surface area contributed by atoms with Gasteiger partial charge in [-0.05, 0) is 58.7 Å². The Morgan fingerprint density at radius 3 is 0.656 bits per heavy atom. The van der Waals surface area contributed by atoms with Crippen LogP contribution in [0.1, 0.15) is 112 Å². The maximum absolute atomic E-state index is 13.6. The molecular formula is C69H148ClN15O34P6. The minimum atomic E-state index is -4.93. The van der Waals surface area contributed by atoms with E-state index in [0.29, 0.717) is 116 Å². The van der Waals surface area contributed by atoms with Gasteiger partial charge >= 0.3 is 93.3 Å². The summed E-state index contributed by atoms with van der Waals surface area (Å²) in [5, 5.41) is 9.00. The normalized spacial score (nSPS) is 13.0. The third-order valence-electron chi connectivity index (χ3n) is 18.3. The number of hydrogen-bond acceptors (Lipinski definition) is 37. The molecule has 23 N–H and O–H groups in total. The molecule has 0 heterocycles. The van der Waals surface area contributed by atoms with Gasteiger partial charge in [0.05, 0.1) is 44.9 Å². The number of unbranched alkanes of at least 4 members (excludes halogenated alkanes) is 2. The Labute approximate surface area is 739 Å². The monoisotopic (exact) mass is 1950 g/mol. The van der Waals surface area contributed by atoms with Crippen LogP contribution >= 0.6 is 58.0 Å². The van der Waals surface area contributed by atoms with Crippen molar-refractivity contribution >= 4 is 106 Å². The SMILES string of the molecule is CCN(CC)CCN(CC)CCC(=O)OCC(COC(=O)CCN(CC)CCN(CP(=O)(O)O)CP(=O)(O)O)(COC(=O)CCN(CCN(CC)CC)CP(=O)(O)O)COC(=O)CCN(CCN(CP(=O)(O)O)CP(=O)(O)O)CP(=O)(O)O.Cl.NCCCCCC(=O)OCC(COC(=O)CCNCCN)(COC(=O)CCNCCN)COC(=O)CCNCCN. The number of nitrogens with zero attached hydrogens (tertiary/aromatic N) is 8. The van der Waals surface area contributed by atoms with Gasteiger partial charge in [0.2, 0.25) is 0 Å². The first kappa shape index (κ1) is 125. The van der Waals surface area contributed by atoms with Crippen LogP contribution in [0.4, 0.5) is 0 Å². The second kappa shape index (κ2) is 70.1. The highest BCUT2D eigenvalue weighted by molar-refractivity contribution is 7.53. The van der Waals surface area contributed by atoms with Crippen molar-refractivity contribution in [1.29, 1.82) is 0 Å². The summed E-state index contributed by atoms with van der Waals surface area (Å²) in [6.07, 6.45) is -5.09. The Morgan fingerprint density at radius 1 is 0.248 bits per heavy atom. The Morgan fingerprint density at radius 2 is 0.440 bits per heavy atom. The van der Waals surface area contributed by atoms with Gasteiger partial charge in [0.25, 0.3) is 0 Å². The van der Waals surface area contributed by atoms with Crippen LogP contribution in [0.15, 0.2) is 0 Å². The van der Waals surface area contributed by atoms with E-state index in [9.17, 15) is 124 Å². The topological polar surface area (TPSA) is 722 Å². The molecule has 0 aliphatic heterocycles. The van der Waals surface area contributed by atoms with Crippen molar-refractivity contribution in [2.75, 3.05) is 274 Å². The highest BCUT2D eigenvalue weighted by Gasteiger charge is 2.41. The zero-order valence-electron chi connectivity index (χ0n) is 73.3. The van der Waals surface area contributed by atoms with E-state index >= 15 is 0 Å². The van der Waals surface area contributed by atoms with E-state index in [2.05, 4.69) is 20.9 Å². The number of halogens is 1. The molecule has 56 heteroatoms. The van der Waals surface area contributed by atoms with E-state index in [1.165, 1.54) is 4.90 Å². The third kappa shape index (κ3) is 74.6. The van der Waals surface area contributed by atoms with Crippen LogP contribution in [0.2, 0.25) is 0 Å². The fourth-order valence-electron chi connectivity index (χ4n) is 11.3. The molecule has 740 valence electrons. The molecule has 0 aromatic rings. The summed E-state index contributed by atoms with van der Waals surface area (Å²) in [5.41, 5.74) is 18.6. The van der Waals surface area contributed by atoms with Crippen molar-refractivity contribution in [2.24, 2.45) is 33.8 Å². The lowest BCUT2D eigenvalue weighted by molar-refractivity contribution is -0.174. The number of rotatable bonds is 78. The third-order valence-corrected chi connectivity index (χ3v) is 22.9. The second-order valence-corrected chi connectivity index (χ2v) is 39.2. The minimum absolute atomic E-state index is 0. The molecule has 0 saturated carbocycles. The summed E-state index contributed by atoms with van der Waals surface area (Å²) >= 11 is 0. The summed E-state index contributed by atoms with van der Waals surface area (Å²) in [7, 11) is -28.9. The highest BCUT2D eigenvalue weighted by Crippen LogP contribution is 2.43. The molecule has 125 heavy (non-hydrogen) atoms. The van der Waals surface area contributed by atoms with E-state index in [-0.39, 0.29) is 117 Å². The molecule has 1 atom stereocenters. The smallest absolute Gasteiger partial charge is 0.339 e. The van der Waals surface area contributed by atoms with E-state index in [4.69, 9.17) is 60.8 Å². The number of likely N-dealkylation sites (N-methyl/N-ethyl adjacent to an activating group) is 4. The first-order chi connectivity index (χ1) is 58.0. The zero-order valence-corrected chi connectivity index (χ0v) is 79.5. The highest BCUT2D eigenvalue weighted by atomic mass is 35.5. The lowest BCUT2D eigenvalue weighted by Crippen LogP contribution is -2.45. The van der Waals surface area contributed by atoms with E-state index in [1.54, 1.807) is 11.8 Å². The maximum Gasteiger partial charge on any atom is 0.339 e. The molecule has 0 saturated heterocycles. The molecular weight excluding hydrogens is 1800 g/mol. The number of nitrogens with one attached hydrogen (secondary N) is 3. The Bertz CT molecular complexity index is 3130. The maximum atomic E-state index is 13.6. The number of carbonyl (C=O) groups is 8. The zero-order chi connectivity index (χ0) is 94.5. The molecule has 0 aromatic heterocycles. The molecule has 0 aliphatic rings. The Balaban J connectivity index is -0.00000296. The Kier molecular flexibility index (Phi) is 70.4. The average molecular weight is 1950 g/mol. The van der Waals surface area contributed by atoms with Gasteiger partial charge in [0, 0.05) is 144 Å². The molecule has 0 aromatic carbocycles. The van der Waals surface area contributed by atoms with Gasteiger partial charge in [-0.2, -0.15) is 0 Å². The second-order valence-electron chi connectivity index (χ2n) is 29.5. The number of carbonyl (C=O) groups excluding carboxylic acids is 8. The van der Waals surface area contributed by atoms with Crippen molar-refractivity contribution < 1.29 is 162 Å². The minimum Gasteiger partial charge on any atom is -0.465 e. The lowest BCUT2D eigenvalue weighted by atomic mass is 9.92. The fraction of sp³-hybridized carbons (Fsp3) is 0.884. The number of nitrogens with two attached hydrogens (primary N) is 4. The van der Waals surface area contributed by atoms with Crippen LogP contribution in [-0.2, 0) is 104 Å². The molecule has 0 amide bonds. The largest absolute Gasteiger partial charge is 0.465 e. The van der Waals surface area contributed by atoms with Crippen LogP contribution < -0.4 is 38.9 Å². The molecule has 0 bridgehead atoms. The van der Waals surface area contributed by atoms with Crippen LogP contribution in [0.3, 0.4) is 0 Å². The van der Waals surface area contributed by atoms with Crippen LogP contribution in [0.5, 0.6) is 0 Å². The van der Waals surface area contributed by atoms with Gasteiger partial charge < -0.3 is 155 Å². The molecule has 1 unspecified atom stereocenters. The first-order valence-electron chi connectivity index (χ1n) is 41.2. The van der Waals surface area contributed by atoms with E-state index in [1.807, 2.05) is 44.4 Å². The van der Waals surface area contributed by atoms with Gasteiger partial charge in [-0.15, -0.1) is 12.4 Å².